The van der Waals surface area contributed by atoms with Gasteiger partial charge in [-0.05, 0) is 52.4 Å². The highest BCUT2D eigenvalue weighted by atomic mass is 16.6. The highest BCUT2D eigenvalue weighted by Gasteiger charge is 2.23. The van der Waals surface area contributed by atoms with Gasteiger partial charge in [-0.3, -0.25) is 0 Å². The van der Waals surface area contributed by atoms with Crippen LogP contribution in [0.2, 0.25) is 0 Å². The molecule has 0 aromatic heterocycles. The van der Waals surface area contributed by atoms with Crippen LogP contribution in [0, 0.1) is 5.92 Å². The molecule has 0 heterocycles. The van der Waals surface area contributed by atoms with Crippen LogP contribution in [0.3, 0.4) is 0 Å². The molecule has 0 aromatic rings. The summed E-state index contributed by atoms with van der Waals surface area (Å²) < 4.78 is 5.24. The van der Waals surface area contributed by atoms with Gasteiger partial charge in [0.1, 0.15) is 5.60 Å². The molecule has 0 spiro atoms. The number of carbonyl (C=O) groups is 1. The number of amides is 1. The Bertz CT molecular complexity index is 274. The predicted octanol–water partition coefficient (Wildman–Crippen LogP) is 2.77. The summed E-state index contributed by atoms with van der Waals surface area (Å²) in [6.07, 6.45) is 5.93. The molecule has 1 aliphatic rings. The first-order chi connectivity index (χ1) is 7.90. The van der Waals surface area contributed by atoms with Gasteiger partial charge >= 0.3 is 6.09 Å². The Hall–Kier alpha value is -1.06. The minimum absolute atomic E-state index is 0.256. The van der Waals surface area contributed by atoms with Gasteiger partial charge in [0.15, 0.2) is 0 Å². The molecule has 98 valence electrons. The van der Waals surface area contributed by atoms with Crippen molar-refractivity contribution in [3.63, 3.8) is 0 Å². The van der Waals surface area contributed by atoms with Gasteiger partial charge in [-0.25, -0.2) is 4.79 Å². The fourth-order valence-corrected chi connectivity index (χ4v) is 2.10. The number of rotatable bonds is 2. The van der Waals surface area contributed by atoms with Crippen molar-refractivity contribution in [3.8, 4) is 0 Å². The molecule has 0 radical (unpaired) electrons. The number of ether oxygens (including phenoxy) is 1. The molecule has 1 aliphatic carbocycles. The quantitative estimate of drug-likeness (QED) is 0.754. The van der Waals surface area contributed by atoms with E-state index >= 15 is 0 Å². The minimum Gasteiger partial charge on any atom is -0.444 e. The van der Waals surface area contributed by atoms with E-state index in [0.29, 0.717) is 5.92 Å². The van der Waals surface area contributed by atoms with Crippen molar-refractivity contribution in [2.75, 3.05) is 7.05 Å². The average molecular weight is 240 g/mol. The Kier molecular flexibility index (Phi) is 4.97. The van der Waals surface area contributed by atoms with Crippen LogP contribution in [0.25, 0.3) is 0 Å². The van der Waals surface area contributed by atoms with Gasteiger partial charge in [0, 0.05) is 19.3 Å². The van der Waals surface area contributed by atoms with Crippen LogP contribution >= 0.6 is 0 Å². The molecule has 4 nitrogen and oxygen atoms in total. The highest BCUT2D eigenvalue weighted by Crippen LogP contribution is 2.23. The first-order valence-electron chi connectivity index (χ1n) is 6.32. The van der Waals surface area contributed by atoms with Crippen molar-refractivity contribution in [2.24, 2.45) is 10.9 Å². The molecule has 0 saturated heterocycles. The predicted molar refractivity (Wildman–Crippen MR) is 69.5 cm³/mol. The maximum absolute atomic E-state index is 11.6. The second-order valence-electron chi connectivity index (χ2n) is 5.67. The van der Waals surface area contributed by atoms with Gasteiger partial charge in [0.2, 0.25) is 0 Å². The Morgan fingerprint density at radius 2 is 1.88 bits per heavy atom. The molecule has 1 saturated carbocycles. The Balaban J connectivity index is 2.28. The van der Waals surface area contributed by atoms with Gasteiger partial charge in [-0.15, -0.1) is 0 Å². The molecule has 1 N–H and O–H groups in total. The Morgan fingerprint density at radius 3 is 2.35 bits per heavy atom. The number of aliphatic imine (C=N–C) groups is 1. The molecule has 0 unspecified atom stereocenters. The van der Waals surface area contributed by atoms with E-state index in [9.17, 15) is 4.79 Å². The summed E-state index contributed by atoms with van der Waals surface area (Å²) in [5.74, 6) is 0.580. The smallest absolute Gasteiger partial charge is 0.407 e. The molecular weight excluding hydrogens is 216 g/mol. The third-order valence-corrected chi connectivity index (χ3v) is 2.85. The van der Waals surface area contributed by atoms with E-state index in [-0.39, 0.29) is 12.1 Å². The standard InChI is InChI=1S/C13H24N2O2/c1-13(2,3)17-12(16)15-11-7-5-10(6-8-11)9-14-4/h9-11H,5-8H2,1-4H3,(H,15,16). The van der Waals surface area contributed by atoms with Crippen molar-refractivity contribution >= 4 is 12.3 Å². The Morgan fingerprint density at radius 1 is 1.29 bits per heavy atom. The lowest BCUT2D eigenvalue weighted by Gasteiger charge is -2.28. The summed E-state index contributed by atoms with van der Waals surface area (Å²) in [7, 11) is 1.81. The molecule has 0 aromatic carbocycles. The lowest BCUT2D eigenvalue weighted by Crippen LogP contribution is -2.41. The zero-order chi connectivity index (χ0) is 12.9. The second kappa shape index (κ2) is 6.03. The van der Waals surface area contributed by atoms with Crippen LogP contribution in [0.1, 0.15) is 46.5 Å². The van der Waals surface area contributed by atoms with Crippen molar-refractivity contribution in [2.45, 2.75) is 58.1 Å². The monoisotopic (exact) mass is 240 g/mol. The fraction of sp³-hybridized carbons (Fsp3) is 0.846. The number of hydrogen-bond acceptors (Lipinski definition) is 3. The highest BCUT2D eigenvalue weighted by molar-refractivity contribution is 5.68. The van der Waals surface area contributed by atoms with Crippen LogP contribution in [-0.4, -0.2) is 31.0 Å². The van der Waals surface area contributed by atoms with E-state index in [0.717, 1.165) is 25.7 Å². The third-order valence-electron chi connectivity index (χ3n) is 2.85. The third kappa shape index (κ3) is 5.71. The maximum atomic E-state index is 11.6. The van der Waals surface area contributed by atoms with E-state index in [1.54, 1.807) is 0 Å². The number of nitrogens with one attached hydrogen (secondary N) is 1. The summed E-state index contributed by atoms with van der Waals surface area (Å²) in [5, 5.41) is 2.93. The largest absolute Gasteiger partial charge is 0.444 e. The molecular formula is C13H24N2O2. The topological polar surface area (TPSA) is 50.7 Å². The van der Waals surface area contributed by atoms with E-state index in [1.807, 2.05) is 34.0 Å². The van der Waals surface area contributed by atoms with Crippen LogP contribution in [0.4, 0.5) is 4.79 Å². The fourth-order valence-electron chi connectivity index (χ4n) is 2.10. The molecule has 4 heteroatoms. The maximum Gasteiger partial charge on any atom is 0.407 e. The normalized spacial score (nSPS) is 25.9. The van der Waals surface area contributed by atoms with Crippen LogP contribution < -0.4 is 5.32 Å². The SMILES string of the molecule is CN=CC1CCC(NC(=O)OC(C)(C)C)CC1. The van der Waals surface area contributed by atoms with Gasteiger partial charge < -0.3 is 15.0 Å². The first kappa shape index (κ1) is 14.0. The zero-order valence-corrected chi connectivity index (χ0v) is 11.3. The van der Waals surface area contributed by atoms with Gasteiger partial charge in [-0.2, -0.15) is 0 Å². The molecule has 1 amide bonds. The molecule has 1 rings (SSSR count). The zero-order valence-electron chi connectivity index (χ0n) is 11.3. The molecule has 17 heavy (non-hydrogen) atoms. The average Bonchev–Trinajstić information content (AvgIpc) is 2.18. The summed E-state index contributed by atoms with van der Waals surface area (Å²) >= 11 is 0. The lowest BCUT2D eigenvalue weighted by atomic mass is 9.87. The van der Waals surface area contributed by atoms with E-state index < -0.39 is 5.60 Å². The van der Waals surface area contributed by atoms with E-state index in [2.05, 4.69) is 10.3 Å². The molecule has 1 fully saturated rings. The first-order valence-corrected chi connectivity index (χ1v) is 6.32. The van der Waals surface area contributed by atoms with Crippen LogP contribution in [-0.2, 0) is 4.74 Å². The van der Waals surface area contributed by atoms with Gasteiger partial charge in [0.25, 0.3) is 0 Å². The van der Waals surface area contributed by atoms with Crippen molar-refractivity contribution in [3.05, 3.63) is 0 Å². The van der Waals surface area contributed by atoms with Crippen LogP contribution in [0.15, 0.2) is 4.99 Å². The summed E-state index contributed by atoms with van der Waals surface area (Å²) in [6.45, 7) is 5.63. The van der Waals surface area contributed by atoms with E-state index in [1.165, 1.54) is 0 Å². The van der Waals surface area contributed by atoms with Crippen molar-refractivity contribution in [1.29, 1.82) is 0 Å². The molecule has 0 bridgehead atoms. The second-order valence-corrected chi connectivity index (χ2v) is 5.67. The summed E-state index contributed by atoms with van der Waals surface area (Å²) in [4.78, 5) is 15.6. The van der Waals surface area contributed by atoms with Crippen LogP contribution in [0.5, 0.6) is 0 Å². The number of carbonyl (C=O) groups excluding carboxylic acids is 1. The lowest BCUT2D eigenvalue weighted by molar-refractivity contribution is 0.0491. The molecule has 0 atom stereocenters. The summed E-state index contributed by atoms with van der Waals surface area (Å²) in [6, 6.07) is 0.256. The Labute approximate surface area is 104 Å². The van der Waals surface area contributed by atoms with Crippen molar-refractivity contribution < 1.29 is 9.53 Å². The summed E-state index contributed by atoms with van der Waals surface area (Å²) in [5.41, 5.74) is -0.420. The van der Waals surface area contributed by atoms with E-state index in [4.69, 9.17) is 4.74 Å². The number of hydrogen-bond donors (Lipinski definition) is 1. The minimum atomic E-state index is -0.420. The molecule has 0 aliphatic heterocycles. The van der Waals surface area contributed by atoms with Crippen molar-refractivity contribution in [1.82, 2.24) is 5.32 Å². The van der Waals surface area contributed by atoms with Gasteiger partial charge in [-0.1, -0.05) is 0 Å². The number of alkyl carbamates (subject to hydrolysis) is 1. The number of nitrogens with zero attached hydrogens (tertiary/aromatic N) is 1. The van der Waals surface area contributed by atoms with Gasteiger partial charge in [0.05, 0.1) is 0 Å².